The monoisotopic (exact) mass is 256 g/mol. The highest BCUT2D eigenvalue weighted by Crippen LogP contribution is 2.26. The fourth-order valence-electron chi connectivity index (χ4n) is 1.92. The molecule has 0 aliphatic carbocycles. The Morgan fingerprint density at radius 1 is 1.21 bits per heavy atom. The van der Waals surface area contributed by atoms with Crippen LogP contribution in [0, 0.1) is 13.8 Å². The molecule has 2 aromatic rings. The van der Waals surface area contributed by atoms with Gasteiger partial charge in [0.25, 0.3) is 0 Å². The van der Waals surface area contributed by atoms with Gasteiger partial charge in [-0.15, -0.1) is 0 Å². The normalized spacial score (nSPS) is 10.5. The zero-order chi connectivity index (χ0) is 13.8. The third-order valence-electron chi connectivity index (χ3n) is 3.28. The number of aryl methyl sites for hydroxylation is 2. The fraction of sp³-hybridized carbons (Fsp3) is 0.312. The molecule has 3 heteroatoms. The van der Waals surface area contributed by atoms with Gasteiger partial charge in [0, 0.05) is 18.3 Å². The van der Waals surface area contributed by atoms with Crippen LogP contribution in [0.15, 0.2) is 30.3 Å². The van der Waals surface area contributed by atoms with E-state index >= 15 is 0 Å². The lowest BCUT2D eigenvalue weighted by Gasteiger charge is -2.11. The molecule has 0 saturated heterocycles. The van der Waals surface area contributed by atoms with E-state index < -0.39 is 0 Å². The minimum absolute atomic E-state index is 0.499. The average Bonchev–Trinajstić information content (AvgIpc) is 2.43. The van der Waals surface area contributed by atoms with Gasteiger partial charge >= 0.3 is 0 Å². The molecular formula is C16H20N2O. The van der Waals surface area contributed by atoms with Crippen LogP contribution in [0.1, 0.15) is 29.3 Å². The van der Waals surface area contributed by atoms with Crippen molar-refractivity contribution in [2.75, 3.05) is 0 Å². The SMILES string of the molecule is CCc1cc(CN)cc(Oc2cccc(C)c2C)n1. The molecule has 2 N–H and O–H groups in total. The van der Waals surface area contributed by atoms with E-state index in [1.54, 1.807) is 0 Å². The zero-order valence-electron chi connectivity index (χ0n) is 11.7. The lowest BCUT2D eigenvalue weighted by atomic mass is 10.1. The van der Waals surface area contributed by atoms with Gasteiger partial charge in [0.1, 0.15) is 5.75 Å². The van der Waals surface area contributed by atoms with E-state index in [2.05, 4.69) is 31.8 Å². The summed E-state index contributed by atoms with van der Waals surface area (Å²) < 4.78 is 5.91. The van der Waals surface area contributed by atoms with Crippen molar-refractivity contribution in [1.29, 1.82) is 0 Å². The Labute approximate surface area is 114 Å². The van der Waals surface area contributed by atoms with Gasteiger partial charge in [-0.2, -0.15) is 0 Å². The van der Waals surface area contributed by atoms with E-state index in [1.165, 1.54) is 5.56 Å². The van der Waals surface area contributed by atoms with Gasteiger partial charge in [-0.1, -0.05) is 19.1 Å². The van der Waals surface area contributed by atoms with E-state index in [1.807, 2.05) is 24.3 Å². The number of hydrogen-bond acceptors (Lipinski definition) is 3. The van der Waals surface area contributed by atoms with Crippen LogP contribution in [-0.4, -0.2) is 4.98 Å². The van der Waals surface area contributed by atoms with Gasteiger partial charge in [-0.05, 0) is 49.1 Å². The summed E-state index contributed by atoms with van der Waals surface area (Å²) in [5, 5.41) is 0. The van der Waals surface area contributed by atoms with Crippen molar-refractivity contribution in [2.45, 2.75) is 33.7 Å². The first-order valence-electron chi connectivity index (χ1n) is 6.58. The smallest absolute Gasteiger partial charge is 0.219 e. The Bertz CT molecular complexity index is 557. The van der Waals surface area contributed by atoms with Crippen molar-refractivity contribution in [2.24, 2.45) is 5.73 Å². The summed E-state index contributed by atoms with van der Waals surface area (Å²) in [6, 6.07) is 9.95. The summed E-state index contributed by atoms with van der Waals surface area (Å²) in [7, 11) is 0. The Hall–Kier alpha value is -1.87. The lowest BCUT2D eigenvalue weighted by Crippen LogP contribution is -2.01. The molecule has 0 bridgehead atoms. The molecule has 3 nitrogen and oxygen atoms in total. The van der Waals surface area contributed by atoms with E-state index in [9.17, 15) is 0 Å². The number of aromatic nitrogens is 1. The molecule has 1 aromatic carbocycles. The number of ether oxygens (including phenoxy) is 1. The quantitative estimate of drug-likeness (QED) is 0.910. The van der Waals surface area contributed by atoms with E-state index in [-0.39, 0.29) is 0 Å². The highest BCUT2D eigenvalue weighted by atomic mass is 16.5. The third-order valence-corrected chi connectivity index (χ3v) is 3.28. The predicted octanol–water partition coefficient (Wildman–Crippen LogP) is 3.51. The maximum atomic E-state index is 5.91. The van der Waals surface area contributed by atoms with Crippen LogP contribution >= 0.6 is 0 Å². The largest absolute Gasteiger partial charge is 0.439 e. The molecule has 0 atom stereocenters. The van der Waals surface area contributed by atoms with Crippen molar-refractivity contribution in [3.63, 3.8) is 0 Å². The van der Waals surface area contributed by atoms with Crippen LogP contribution in [0.2, 0.25) is 0 Å². The maximum Gasteiger partial charge on any atom is 0.219 e. The van der Waals surface area contributed by atoms with Crippen LogP contribution in [0.25, 0.3) is 0 Å². The first-order valence-corrected chi connectivity index (χ1v) is 6.58. The third kappa shape index (κ3) is 3.12. The van der Waals surface area contributed by atoms with Crippen molar-refractivity contribution in [3.05, 3.63) is 52.7 Å². The Morgan fingerprint density at radius 2 is 2.00 bits per heavy atom. The second-order valence-electron chi connectivity index (χ2n) is 4.66. The molecule has 0 unspecified atom stereocenters. The standard InChI is InChI=1S/C16H20N2O/c1-4-14-8-13(10-17)9-16(18-14)19-15-7-5-6-11(2)12(15)3/h5-9H,4,10,17H2,1-3H3. The van der Waals surface area contributed by atoms with Gasteiger partial charge in [0.15, 0.2) is 0 Å². The summed E-state index contributed by atoms with van der Waals surface area (Å²) >= 11 is 0. The predicted molar refractivity (Wildman–Crippen MR) is 77.5 cm³/mol. The Balaban J connectivity index is 2.34. The second-order valence-corrected chi connectivity index (χ2v) is 4.66. The Morgan fingerprint density at radius 3 is 2.68 bits per heavy atom. The van der Waals surface area contributed by atoms with Gasteiger partial charge < -0.3 is 10.5 Å². The first kappa shape index (κ1) is 13.6. The molecule has 100 valence electrons. The van der Waals surface area contributed by atoms with Crippen LogP contribution in [-0.2, 0) is 13.0 Å². The number of rotatable bonds is 4. The van der Waals surface area contributed by atoms with E-state index in [0.717, 1.165) is 29.0 Å². The number of hydrogen-bond donors (Lipinski definition) is 1. The molecule has 0 aliphatic heterocycles. The molecule has 0 spiro atoms. The molecule has 0 amide bonds. The van der Waals surface area contributed by atoms with E-state index in [4.69, 9.17) is 10.5 Å². The molecule has 1 heterocycles. The zero-order valence-corrected chi connectivity index (χ0v) is 11.7. The number of pyridine rings is 1. The van der Waals surface area contributed by atoms with Crippen molar-refractivity contribution >= 4 is 0 Å². The summed E-state index contributed by atoms with van der Waals surface area (Å²) in [6.07, 6.45) is 0.872. The summed E-state index contributed by atoms with van der Waals surface area (Å²) in [5.41, 5.74) is 10.1. The Kier molecular flexibility index (Phi) is 4.17. The molecule has 0 saturated carbocycles. The molecule has 0 radical (unpaired) electrons. The molecule has 0 aliphatic rings. The second kappa shape index (κ2) is 5.85. The van der Waals surface area contributed by atoms with Crippen LogP contribution < -0.4 is 10.5 Å². The molecule has 0 fully saturated rings. The first-order chi connectivity index (χ1) is 9.13. The highest BCUT2D eigenvalue weighted by Gasteiger charge is 2.06. The van der Waals surface area contributed by atoms with Gasteiger partial charge in [-0.3, -0.25) is 0 Å². The molecule has 1 aromatic heterocycles. The molecule has 2 rings (SSSR count). The van der Waals surface area contributed by atoms with Crippen LogP contribution in [0.3, 0.4) is 0 Å². The lowest BCUT2D eigenvalue weighted by molar-refractivity contribution is 0.456. The number of nitrogens with zero attached hydrogens (tertiary/aromatic N) is 1. The number of benzene rings is 1. The van der Waals surface area contributed by atoms with Gasteiger partial charge in [0.2, 0.25) is 5.88 Å². The van der Waals surface area contributed by atoms with Gasteiger partial charge in [0.05, 0.1) is 0 Å². The van der Waals surface area contributed by atoms with Gasteiger partial charge in [-0.25, -0.2) is 4.98 Å². The van der Waals surface area contributed by atoms with Crippen molar-refractivity contribution in [3.8, 4) is 11.6 Å². The minimum atomic E-state index is 0.499. The minimum Gasteiger partial charge on any atom is -0.439 e. The average molecular weight is 256 g/mol. The summed E-state index contributed by atoms with van der Waals surface area (Å²) in [5.74, 6) is 1.47. The number of nitrogens with two attached hydrogens (primary N) is 1. The molecular weight excluding hydrogens is 236 g/mol. The topological polar surface area (TPSA) is 48.1 Å². The van der Waals surface area contributed by atoms with Crippen molar-refractivity contribution in [1.82, 2.24) is 4.98 Å². The summed E-state index contributed by atoms with van der Waals surface area (Å²) in [6.45, 7) is 6.70. The van der Waals surface area contributed by atoms with Crippen LogP contribution in [0.5, 0.6) is 11.6 Å². The highest BCUT2D eigenvalue weighted by molar-refractivity contribution is 5.40. The summed E-state index contributed by atoms with van der Waals surface area (Å²) in [4.78, 5) is 4.49. The van der Waals surface area contributed by atoms with Crippen molar-refractivity contribution < 1.29 is 4.74 Å². The fourth-order valence-corrected chi connectivity index (χ4v) is 1.92. The maximum absolute atomic E-state index is 5.91. The molecule has 19 heavy (non-hydrogen) atoms. The van der Waals surface area contributed by atoms with E-state index in [0.29, 0.717) is 12.4 Å². The van der Waals surface area contributed by atoms with Crippen LogP contribution in [0.4, 0.5) is 0 Å².